The number of ether oxygens (including phenoxy) is 3. The summed E-state index contributed by atoms with van der Waals surface area (Å²) < 4.78 is 15.8. The molecular weight excluding hydrogens is 348 g/mol. The van der Waals surface area contributed by atoms with E-state index < -0.39 is 11.8 Å². The van der Waals surface area contributed by atoms with Crippen molar-refractivity contribution < 1.29 is 23.8 Å². The first-order chi connectivity index (χ1) is 12.7. The number of benzene rings is 1. The third kappa shape index (κ3) is 5.99. The lowest BCUT2D eigenvalue weighted by Gasteiger charge is -2.24. The van der Waals surface area contributed by atoms with Crippen LogP contribution < -0.4 is 4.74 Å². The van der Waals surface area contributed by atoms with Crippen molar-refractivity contribution in [1.82, 2.24) is 9.88 Å². The Morgan fingerprint density at radius 1 is 1.22 bits per heavy atom. The topological polar surface area (TPSA) is 80.9 Å². The Balaban J connectivity index is 2.06. The fraction of sp³-hybridized carbons (Fsp3) is 0.500. The van der Waals surface area contributed by atoms with Crippen molar-refractivity contribution in [2.24, 2.45) is 0 Å². The van der Waals surface area contributed by atoms with Gasteiger partial charge >= 0.3 is 12.1 Å². The highest BCUT2D eigenvalue weighted by atomic mass is 16.7. The van der Waals surface area contributed by atoms with Gasteiger partial charge in [0, 0.05) is 30.1 Å². The summed E-state index contributed by atoms with van der Waals surface area (Å²) in [6.45, 7) is 5.86. The number of rotatable bonds is 8. The van der Waals surface area contributed by atoms with E-state index in [1.807, 2.05) is 32.4 Å². The molecule has 0 aliphatic heterocycles. The van der Waals surface area contributed by atoms with E-state index >= 15 is 0 Å². The van der Waals surface area contributed by atoms with Gasteiger partial charge in [-0.1, -0.05) is 13.0 Å². The number of carbonyl (C=O) groups excluding carboxylic acids is 2. The van der Waals surface area contributed by atoms with E-state index in [2.05, 4.69) is 9.88 Å². The molecule has 0 atom stereocenters. The summed E-state index contributed by atoms with van der Waals surface area (Å²) in [5, 5.41) is 0.868. The minimum Gasteiger partial charge on any atom is -0.456 e. The fourth-order valence-corrected chi connectivity index (χ4v) is 2.61. The van der Waals surface area contributed by atoms with E-state index in [4.69, 9.17) is 14.2 Å². The first-order valence-electron chi connectivity index (χ1n) is 9.02. The van der Waals surface area contributed by atoms with Gasteiger partial charge in [0.05, 0.1) is 0 Å². The zero-order chi connectivity index (χ0) is 20.0. The zero-order valence-electron chi connectivity index (χ0n) is 16.6. The van der Waals surface area contributed by atoms with Crippen molar-refractivity contribution in [3.05, 3.63) is 30.0 Å². The van der Waals surface area contributed by atoms with Gasteiger partial charge in [-0.05, 0) is 52.1 Å². The number of nitrogens with one attached hydrogen (secondary N) is 1. The van der Waals surface area contributed by atoms with Crippen molar-refractivity contribution >= 4 is 23.0 Å². The molecule has 0 amide bonds. The highest BCUT2D eigenvalue weighted by Crippen LogP contribution is 2.29. The molecule has 1 heterocycles. The zero-order valence-corrected chi connectivity index (χ0v) is 16.6. The number of H-pyrrole nitrogens is 1. The second kappa shape index (κ2) is 8.90. The average Bonchev–Trinajstić information content (AvgIpc) is 3.02. The Kier molecular flexibility index (Phi) is 6.85. The van der Waals surface area contributed by atoms with Crippen LogP contribution in [0.25, 0.3) is 10.9 Å². The number of likely N-dealkylation sites (N-methyl/N-ethyl adjacent to an activating group) is 1. The molecule has 0 aliphatic rings. The van der Waals surface area contributed by atoms with E-state index in [9.17, 15) is 9.59 Å². The van der Waals surface area contributed by atoms with Crippen molar-refractivity contribution in [1.29, 1.82) is 0 Å². The number of aromatic amines is 1. The number of fused-ring (bicyclic) bond motifs is 1. The lowest BCUT2D eigenvalue weighted by atomic mass is 10.1. The van der Waals surface area contributed by atoms with Gasteiger partial charge in [0.1, 0.15) is 18.0 Å². The summed E-state index contributed by atoms with van der Waals surface area (Å²) >= 11 is 0. The van der Waals surface area contributed by atoms with E-state index in [0.717, 1.165) is 29.4 Å². The van der Waals surface area contributed by atoms with E-state index in [-0.39, 0.29) is 19.0 Å². The van der Waals surface area contributed by atoms with Gasteiger partial charge in [0.2, 0.25) is 0 Å². The Hall–Kier alpha value is -2.54. The van der Waals surface area contributed by atoms with Gasteiger partial charge in [-0.3, -0.25) is 4.79 Å². The van der Waals surface area contributed by atoms with Crippen molar-refractivity contribution in [2.45, 2.75) is 39.2 Å². The van der Waals surface area contributed by atoms with Crippen LogP contribution in [-0.2, 0) is 20.7 Å². The average molecular weight is 376 g/mol. The van der Waals surface area contributed by atoms with Crippen LogP contribution in [0.15, 0.2) is 24.4 Å². The molecule has 0 aliphatic carbocycles. The van der Waals surface area contributed by atoms with Crippen LogP contribution in [0.3, 0.4) is 0 Å². The molecule has 1 N–H and O–H groups in total. The maximum absolute atomic E-state index is 12.2. The van der Waals surface area contributed by atoms with Crippen molar-refractivity contribution in [2.75, 3.05) is 27.2 Å². The monoisotopic (exact) mass is 376 g/mol. The predicted molar refractivity (Wildman–Crippen MR) is 103 cm³/mol. The molecule has 0 spiro atoms. The highest BCUT2D eigenvalue weighted by Gasteiger charge is 2.25. The highest BCUT2D eigenvalue weighted by molar-refractivity contribution is 5.90. The molecule has 148 valence electrons. The number of nitrogens with zero attached hydrogens (tertiary/aromatic N) is 1. The second-order valence-electron chi connectivity index (χ2n) is 7.27. The third-order valence-electron chi connectivity index (χ3n) is 3.99. The lowest BCUT2D eigenvalue weighted by molar-refractivity contribution is -0.160. The number of aromatic nitrogens is 1. The van der Waals surface area contributed by atoms with Crippen molar-refractivity contribution in [3.63, 3.8) is 0 Å². The summed E-state index contributed by atoms with van der Waals surface area (Å²) in [6.07, 6.45) is 2.18. The molecule has 0 bridgehead atoms. The third-order valence-corrected chi connectivity index (χ3v) is 3.99. The van der Waals surface area contributed by atoms with Crippen LogP contribution in [0.1, 0.15) is 32.8 Å². The maximum atomic E-state index is 12.2. The van der Waals surface area contributed by atoms with E-state index in [0.29, 0.717) is 5.75 Å². The molecular formula is C20H28N2O5. The summed E-state index contributed by atoms with van der Waals surface area (Å²) in [5.41, 5.74) is 1.05. The summed E-state index contributed by atoms with van der Waals surface area (Å²) in [4.78, 5) is 28.9. The Bertz CT molecular complexity index is 795. The first kappa shape index (κ1) is 20.8. The lowest BCUT2D eigenvalue weighted by Crippen LogP contribution is -2.34. The molecule has 0 saturated heterocycles. The molecule has 0 radical (unpaired) electrons. The quantitative estimate of drug-likeness (QED) is 0.561. The van der Waals surface area contributed by atoms with Crippen LogP contribution >= 0.6 is 0 Å². The van der Waals surface area contributed by atoms with Gasteiger partial charge in [-0.2, -0.15) is 0 Å². The molecule has 7 nitrogen and oxygen atoms in total. The number of hydrogen-bond donors (Lipinski definition) is 1. The molecule has 27 heavy (non-hydrogen) atoms. The maximum Gasteiger partial charge on any atom is 0.514 e. The normalized spacial score (nSPS) is 11.6. The summed E-state index contributed by atoms with van der Waals surface area (Å²) in [5.74, 6) is 0.0930. The Morgan fingerprint density at radius 3 is 2.63 bits per heavy atom. The molecule has 7 heteroatoms. The van der Waals surface area contributed by atoms with Gasteiger partial charge in [-0.15, -0.1) is 0 Å². The Morgan fingerprint density at radius 2 is 1.96 bits per heavy atom. The number of carbonyl (C=O) groups is 2. The van der Waals surface area contributed by atoms with E-state index in [1.165, 1.54) is 0 Å². The van der Waals surface area contributed by atoms with Gasteiger partial charge < -0.3 is 24.1 Å². The largest absolute Gasteiger partial charge is 0.514 e. The minimum absolute atomic E-state index is 0.0891. The number of hydrogen-bond acceptors (Lipinski definition) is 6. The molecule has 2 rings (SSSR count). The molecule has 0 saturated carbocycles. The predicted octanol–water partition coefficient (Wildman–Crippen LogP) is 3.52. The molecule has 1 aromatic carbocycles. The SMILES string of the molecule is CCC(=O)OC(C)(C)COC(=O)Oc1cccc2[nH]cc(CCN(C)C)c12. The molecule has 2 aromatic rings. The Labute approximate surface area is 159 Å². The van der Waals surface area contributed by atoms with Crippen LogP contribution in [-0.4, -0.2) is 54.9 Å². The van der Waals surface area contributed by atoms with E-state index in [1.54, 1.807) is 26.8 Å². The van der Waals surface area contributed by atoms with Crippen LogP contribution in [0.4, 0.5) is 4.79 Å². The van der Waals surface area contributed by atoms with Gasteiger partial charge in [-0.25, -0.2) is 4.79 Å². The van der Waals surface area contributed by atoms with Crippen LogP contribution in [0.5, 0.6) is 5.75 Å². The standard InChI is InChI=1S/C20H28N2O5/c1-6-17(23)27-20(2,3)13-25-19(24)26-16-9-7-8-15-18(16)14(12-21-15)10-11-22(4)5/h7-9,12,21H,6,10-11,13H2,1-5H3. The molecule has 1 aromatic heterocycles. The second-order valence-corrected chi connectivity index (χ2v) is 7.27. The minimum atomic E-state index is -0.914. The van der Waals surface area contributed by atoms with Crippen molar-refractivity contribution in [3.8, 4) is 5.75 Å². The van der Waals surface area contributed by atoms with Gasteiger partial charge in [0.25, 0.3) is 0 Å². The molecule has 0 fully saturated rings. The molecule has 0 unspecified atom stereocenters. The first-order valence-corrected chi connectivity index (χ1v) is 9.02. The van der Waals surface area contributed by atoms with Crippen LogP contribution in [0, 0.1) is 0 Å². The number of esters is 1. The smallest absolute Gasteiger partial charge is 0.456 e. The van der Waals surface area contributed by atoms with Crippen LogP contribution in [0.2, 0.25) is 0 Å². The summed E-state index contributed by atoms with van der Waals surface area (Å²) in [6, 6.07) is 5.48. The fourth-order valence-electron chi connectivity index (χ4n) is 2.61. The van der Waals surface area contributed by atoms with Gasteiger partial charge in [0.15, 0.2) is 0 Å². The summed E-state index contributed by atoms with van der Waals surface area (Å²) in [7, 11) is 4.02.